The van der Waals surface area contributed by atoms with Gasteiger partial charge in [-0.2, -0.15) is 4.99 Å². The van der Waals surface area contributed by atoms with Gasteiger partial charge in [0.15, 0.2) is 0 Å². The molecule has 0 aliphatic carbocycles. The predicted molar refractivity (Wildman–Crippen MR) is 130 cm³/mol. The van der Waals surface area contributed by atoms with Gasteiger partial charge in [-0.1, -0.05) is 0 Å². The third-order valence-corrected chi connectivity index (χ3v) is 6.19. The third kappa shape index (κ3) is 4.60. The molecule has 180 valence electrons. The van der Waals surface area contributed by atoms with Crippen LogP contribution in [-0.4, -0.2) is 74.0 Å². The second kappa shape index (κ2) is 9.63. The van der Waals surface area contributed by atoms with Crippen LogP contribution < -0.4 is 14.8 Å². The predicted octanol–water partition coefficient (Wildman–Crippen LogP) is 2.84. The number of β-amino-alcohol motifs (C(OH)–C–C–N with tert-alkyl or cyclic N) is 1. The number of H-pyrrole nitrogens is 1. The molecule has 9 heteroatoms. The standard InChI is InChI=1S/C25H30N4O5/c1-17-13-26-23-6-4-20(11-21(17)23)34-25(31-2)22-5-3-19(12-24(22)27-16-28-25)33-15-18(30)14-29-7-9-32-10-8-29/h3-6,11-13,16,18,26,30H,7-10,14-15H2,1-2H3,(H,27,28)/t18-,25?/m1/s1. The van der Waals surface area contributed by atoms with E-state index in [9.17, 15) is 5.11 Å². The van der Waals surface area contributed by atoms with Crippen LogP contribution >= 0.6 is 0 Å². The van der Waals surface area contributed by atoms with Crippen molar-refractivity contribution in [2.24, 2.45) is 4.99 Å². The zero-order valence-corrected chi connectivity index (χ0v) is 19.4. The van der Waals surface area contributed by atoms with Crippen molar-refractivity contribution in [3.05, 3.63) is 53.7 Å². The summed E-state index contributed by atoms with van der Waals surface area (Å²) in [4.78, 5) is 9.91. The van der Waals surface area contributed by atoms with Gasteiger partial charge in [0.2, 0.25) is 0 Å². The van der Waals surface area contributed by atoms with Gasteiger partial charge < -0.3 is 34.4 Å². The normalized spacial score (nSPS) is 21.1. The molecular weight excluding hydrogens is 436 g/mol. The lowest BCUT2D eigenvalue weighted by molar-refractivity contribution is -0.165. The van der Waals surface area contributed by atoms with Gasteiger partial charge in [0.05, 0.1) is 30.8 Å². The molecule has 3 N–H and O–H groups in total. The highest BCUT2D eigenvalue weighted by Gasteiger charge is 2.39. The number of fused-ring (bicyclic) bond motifs is 2. The van der Waals surface area contributed by atoms with E-state index in [1.165, 1.54) is 0 Å². The number of ether oxygens (including phenoxy) is 4. The van der Waals surface area contributed by atoms with Crippen LogP contribution in [0, 0.1) is 6.92 Å². The van der Waals surface area contributed by atoms with Crippen molar-refractivity contribution in [1.29, 1.82) is 0 Å². The largest absolute Gasteiger partial charge is 0.491 e. The molecule has 34 heavy (non-hydrogen) atoms. The molecule has 2 aromatic carbocycles. The minimum absolute atomic E-state index is 0.201. The van der Waals surface area contributed by atoms with Crippen LogP contribution in [0.4, 0.5) is 5.69 Å². The summed E-state index contributed by atoms with van der Waals surface area (Å²) in [7, 11) is 1.57. The third-order valence-electron chi connectivity index (χ3n) is 6.19. The van der Waals surface area contributed by atoms with Crippen LogP contribution in [0.15, 0.2) is 47.6 Å². The number of aryl methyl sites for hydroxylation is 1. The Kier molecular flexibility index (Phi) is 6.42. The van der Waals surface area contributed by atoms with Gasteiger partial charge in [-0.15, -0.1) is 0 Å². The van der Waals surface area contributed by atoms with Gasteiger partial charge in [-0.05, 0) is 42.8 Å². The number of methoxy groups -OCH3 is 1. The van der Waals surface area contributed by atoms with Gasteiger partial charge in [0.25, 0.3) is 0 Å². The van der Waals surface area contributed by atoms with Crippen LogP contribution in [0.2, 0.25) is 0 Å². The quantitative estimate of drug-likeness (QED) is 0.439. The number of nitrogens with zero attached hydrogens (tertiary/aromatic N) is 2. The summed E-state index contributed by atoms with van der Waals surface area (Å²) < 4.78 is 23.3. The van der Waals surface area contributed by atoms with E-state index in [-0.39, 0.29) is 6.61 Å². The lowest BCUT2D eigenvalue weighted by Crippen LogP contribution is -2.42. The molecule has 1 aromatic heterocycles. The van der Waals surface area contributed by atoms with E-state index in [4.69, 9.17) is 18.9 Å². The average Bonchev–Trinajstić information content (AvgIpc) is 3.23. The van der Waals surface area contributed by atoms with Crippen LogP contribution in [-0.2, 0) is 15.4 Å². The average molecular weight is 467 g/mol. The monoisotopic (exact) mass is 466 g/mol. The highest BCUT2D eigenvalue weighted by molar-refractivity contribution is 5.84. The Balaban J connectivity index is 1.30. The number of hydrogen-bond donors (Lipinski definition) is 3. The summed E-state index contributed by atoms with van der Waals surface area (Å²) in [6.07, 6.45) is 2.94. The maximum atomic E-state index is 10.4. The number of morpholine rings is 1. The molecular formula is C25H30N4O5. The van der Waals surface area contributed by atoms with Crippen LogP contribution in [0.1, 0.15) is 11.1 Å². The first-order chi connectivity index (χ1) is 16.6. The number of hydrogen-bond acceptors (Lipinski definition) is 8. The number of anilines is 1. The molecule has 3 heterocycles. The SMILES string of the molecule is COC1(Oc2ccc3[nH]cc(C)c3c2)N=CNc2cc(OC[C@H](O)CN3CCOCC3)ccc21. The summed E-state index contributed by atoms with van der Waals surface area (Å²) in [5, 5.41) is 14.6. The van der Waals surface area contributed by atoms with Gasteiger partial charge in [0, 0.05) is 49.9 Å². The number of aliphatic hydroxyl groups is 1. The van der Waals surface area contributed by atoms with Gasteiger partial charge in [-0.3, -0.25) is 4.90 Å². The van der Waals surface area contributed by atoms with Crippen LogP contribution in [0.25, 0.3) is 10.9 Å². The number of aliphatic imine (C=N–C) groups is 1. The van der Waals surface area contributed by atoms with E-state index in [0.717, 1.165) is 40.8 Å². The molecule has 1 unspecified atom stereocenters. The molecule has 1 saturated heterocycles. The number of aliphatic hydroxyl groups excluding tert-OH is 1. The van der Waals surface area contributed by atoms with E-state index in [0.29, 0.717) is 31.3 Å². The van der Waals surface area contributed by atoms with E-state index >= 15 is 0 Å². The zero-order valence-electron chi connectivity index (χ0n) is 19.4. The fraction of sp³-hybridized carbons (Fsp3) is 0.400. The number of nitrogens with one attached hydrogen (secondary N) is 2. The van der Waals surface area contributed by atoms with Crippen molar-refractivity contribution >= 4 is 22.9 Å². The van der Waals surface area contributed by atoms with Crippen LogP contribution in [0.5, 0.6) is 11.5 Å². The Hall–Kier alpha value is -3.11. The summed E-state index contributed by atoms with van der Waals surface area (Å²) in [6, 6.07) is 11.4. The molecule has 0 saturated carbocycles. The first-order valence-electron chi connectivity index (χ1n) is 11.4. The molecule has 0 bridgehead atoms. The number of aromatic nitrogens is 1. The number of benzene rings is 2. The Morgan fingerprint density at radius 3 is 2.82 bits per heavy atom. The maximum Gasteiger partial charge on any atom is 0.344 e. The smallest absolute Gasteiger partial charge is 0.344 e. The fourth-order valence-corrected chi connectivity index (χ4v) is 4.34. The Bertz CT molecular complexity index is 1170. The minimum atomic E-state index is -1.33. The molecule has 2 aliphatic heterocycles. The van der Waals surface area contributed by atoms with E-state index < -0.39 is 12.0 Å². The summed E-state index contributed by atoms with van der Waals surface area (Å²) in [6.45, 7) is 5.87. The van der Waals surface area contributed by atoms with Crippen molar-refractivity contribution in [2.75, 3.05) is 51.9 Å². The molecule has 0 radical (unpaired) electrons. The molecule has 9 nitrogen and oxygen atoms in total. The second-order valence-corrected chi connectivity index (χ2v) is 8.55. The molecule has 1 fully saturated rings. The minimum Gasteiger partial charge on any atom is -0.491 e. The Morgan fingerprint density at radius 2 is 2.00 bits per heavy atom. The Morgan fingerprint density at radius 1 is 1.18 bits per heavy atom. The highest BCUT2D eigenvalue weighted by atomic mass is 16.7. The highest BCUT2D eigenvalue weighted by Crippen LogP contribution is 2.39. The lowest BCUT2D eigenvalue weighted by atomic mass is 10.1. The van der Waals surface area contributed by atoms with Crippen molar-refractivity contribution in [2.45, 2.75) is 18.9 Å². The first kappa shape index (κ1) is 22.7. The number of rotatable bonds is 8. The molecule has 3 aromatic rings. The summed E-state index contributed by atoms with van der Waals surface area (Å²) in [5.41, 5.74) is 3.67. The topological polar surface area (TPSA) is 101 Å². The van der Waals surface area contributed by atoms with Gasteiger partial charge >= 0.3 is 5.91 Å². The summed E-state index contributed by atoms with van der Waals surface area (Å²) >= 11 is 0. The van der Waals surface area contributed by atoms with E-state index in [2.05, 4.69) is 20.2 Å². The van der Waals surface area contributed by atoms with E-state index in [1.807, 2.05) is 49.5 Å². The maximum absolute atomic E-state index is 10.4. The van der Waals surface area contributed by atoms with E-state index in [1.54, 1.807) is 13.4 Å². The van der Waals surface area contributed by atoms with Crippen molar-refractivity contribution in [3.63, 3.8) is 0 Å². The number of aromatic amines is 1. The first-order valence-corrected chi connectivity index (χ1v) is 11.4. The molecule has 0 amide bonds. The summed E-state index contributed by atoms with van der Waals surface area (Å²) in [5.74, 6) is -0.0436. The Labute approximate surface area is 198 Å². The van der Waals surface area contributed by atoms with Crippen molar-refractivity contribution < 1.29 is 24.1 Å². The van der Waals surface area contributed by atoms with Gasteiger partial charge in [0.1, 0.15) is 24.2 Å². The molecule has 5 rings (SSSR count). The van der Waals surface area contributed by atoms with Gasteiger partial charge in [-0.25, -0.2) is 0 Å². The fourth-order valence-electron chi connectivity index (χ4n) is 4.34. The zero-order chi connectivity index (χ0) is 23.5. The van der Waals surface area contributed by atoms with Crippen molar-refractivity contribution in [3.8, 4) is 11.5 Å². The molecule has 2 atom stereocenters. The molecule has 2 aliphatic rings. The molecule has 0 spiro atoms. The van der Waals surface area contributed by atoms with Crippen LogP contribution in [0.3, 0.4) is 0 Å². The second-order valence-electron chi connectivity index (χ2n) is 8.55. The van der Waals surface area contributed by atoms with Crippen molar-refractivity contribution in [1.82, 2.24) is 9.88 Å². The lowest BCUT2D eigenvalue weighted by Gasteiger charge is -2.33.